The molecule has 5 heteroatoms. The smallest absolute Gasteiger partial charge is 0.378 e. The molecule has 0 N–H and O–H groups in total. The van der Waals surface area contributed by atoms with Crippen molar-refractivity contribution in [3.8, 4) is 23.7 Å². The molecule has 0 amide bonds. The highest BCUT2D eigenvalue weighted by atomic mass is 19.4. The van der Waals surface area contributed by atoms with Gasteiger partial charge in [-0.3, -0.25) is 0 Å². The van der Waals surface area contributed by atoms with Crippen LogP contribution in [0, 0.1) is 76.9 Å². The number of hydrogen-bond acceptors (Lipinski definition) is 2. The Bertz CT molecular complexity index is 1100. The second kappa shape index (κ2) is 22.4. The Labute approximate surface area is 317 Å². The van der Waals surface area contributed by atoms with E-state index in [1.54, 1.807) is 0 Å². The highest BCUT2D eigenvalue weighted by molar-refractivity contribution is 5.15. The molecular formula is C47H75F3O2. The number of halogens is 3. The zero-order chi connectivity index (χ0) is 36.6. The number of ether oxygens (including phenoxy) is 2. The molecule has 0 aromatic heterocycles. The molecule has 3 unspecified atom stereocenters. The van der Waals surface area contributed by atoms with Gasteiger partial charge >= 0.3 is 6.18 Å². The van der Waals surface area contributed by atoms with Gasteiger partial charge in [-0.2, -0.15) is 13.2 Å². The lowest BCUT2D eigenvalue weighted by Crippen LogP contribution is -2.35. The van der Waals surface area contributed by atoms with Crippen molar-refractivity contribution in [3.05, 3.63) is 0 Å². The lowest BCUT2D eigenvalue weighted by atomic mass is 9.70. The Balaban J connectivity index is 0.983. The molecule has 52 heavy (non-hydrogen) atoms. The van der Waals surface area contributed by atoms with E-state index in [9.17, 15) is 13.2 Å². The van der Waals surface area contributed by atoms with Crippen molar-refractivity contribution in [3.63, 3.8) is 0 Å². The topological polar surface area (TPSA) is 18.5 Å². The molecule has 5 aliphatic rings. The molecule has 0 radical (unpaired) electrons. The average Bonchev–Trinajstić information content (AvgIpc) is 3.17. The summed E-state index contributed by atoms with van der Waals surface area (Å²) in [6.45, 7) is 6.34. The second-order valence-electron chi connectivity index (χ2n) is 18.0. The van der Waals surface area contributed by atoms with Crippen LogP contribution in [0.5, 0.6) is 0 Å². The largest absolute Gasteiger partial charge is 0.393 e. The monoisotopic (exact) mass is 729 g/mol. The number of unbranched alkanes of at least 4 members (excludes halogenated alkanes) is 6. The maximum atomic E-state index is 14.3. The first-order valence-corrected chi connectivity index (χ1v) is 22.6. The molecule has 296 valence electrons. The Morgan fingerprint density at radius 2 is 0.827 bits per heavy atom. The number of hydrogen-bond donors (Lipinski definition) is 0. The third-order valence-electron chi connectivity index (χ3n) is 14.3. The van der Waals surface area contributed by atoms with E-state index in [0.717, 1.165) is 69.0 Å². The fraction of sp³-hybridized carbons (Fsp3) is 0.915. The molecule has 0 heterocycles. The van der Waals surface area contributed by atoms with Crippen LogP contribution in [-0.4, -0.2) is 31.6 Å². The molecule has 2 nitrogen and oxygen atoms in total. The standard InChI is InChI=1S/C47H75F3O2/c1-3-5-7-9-33-51-44-29-25-41(26-30-44)39-19-13-36(14-20-39)11-12-38-18-24-43(46(35-38)47(48,49)50)23-17-37-15-21-40(22-16-37)42-27-31-45(32-28-42)52-34-10-8-6-4-2/h36-46H,3-10,13-16,18-22,24-35H2,1-2H3. The van der Waals surface area contributed by atoms with E-state index in [0.29, 0.717) is 24.5 Å². The third-order valence-corrected chi connectivity index (χ3v) is 14.3. The van der Waals surface area contributed by atoms with Crippen LogP contribution in [0.1, 0.15) is 187 Å². The summed E-state index contributed by atoms with van der Waals surface area (Å²) in [6.07, 6.45) is 27.4. The van der Waals surface area contributed by atoms with Crippen LogP contribution < -0.4 is 0 Å². The quantitative estimate of drug-likeness (QED) is 0.131. The first kappa shape index (κ1) is 42.0. The van der Waals surface area contributed by atoms with Crippen molar-refractivity contribution in [2.24, 2.45) is 53.3 Å². The molecule has 0 saturated heterocycles. The summed E-state index contributed by atoms with van der Waals surface area (Å²) in [5.41, 5.74) is 0. The predicted octanol–water partition coefficient (Wildman–Crippen LogP) is 13.5. The van der Waals surface area contributed by atoms with Crippen molar-refractivity contribution in [2.45, 2.75) is 206 Å². The molecule has 3 atom stereocenters. The van der Waals surface area contributed by atoms with E-state index in [1.165, 1.54) is 128 Å². The SMILES string of the molecule is CCCCCCOC1CCC(C2CCC(C#CC3CCC(C#CC4CCC(C5CCC(OCCCCCC)CC5)CC4)C(C(F)(F)F)C3)CC2)CC1. The molecule has 0 spiro atoms. The fourth-order valence-electron chi connectivity index (χ4n) is 10.8. The van der Waals surface area contributed by atoms with Gasteiger partial charge in [0.15, 0.2) is 0 Å². The van der Waals surface area contributed by atoms with Gasteiger partial charge in [0.25, 0.3) is 0 Å². The van der Waals surface area contributed by atoms with Gasteiger partial charge in [0.05, 0.1) is 18.1 Å². The minimum atomic E-state index is -4.20. The zero-order valence-electron chi connectivity index (χ0n) is 33.3. The molecule has 0 bridgehead atoms. The van der Waals surface area contributed by atoms with Crippen LogP contribution in [-0.2, 0) is 9.47 Å². The Morgan fingerprint density at radius 3 is 1.25 bits per heavy atom. The van der Waals surface area contributed by atoms with Gasteiger partial charge in [0, 0.05) is 36.9 Å². The normalized spacial score (nSPS) is 35.9. The van der Waals surface area contributed by atoms with Gasteiger partial charge in [-0.15, -0.1) is 0 Å². The van der Waals surface area contributed by atoms with Crippen LogP contribution >= 0.6 is 0 Å². The Kier molecular flexibility index (Phi) is 18.1. The molecule has 0 aliphatic heterocycles. The summed E-state index contributed by atoms with van der Waals surface area (Å²) in [5.74, 6) is 15.3. The third kappa shape index (κ3) is 13.8. The van der Waals surface area contributed by atoms with Gasteiger partial charge in [-0.05, 0) is 159 Å². The number of rotatable bonds is 14. The highest BCUT2D eigenvalue weighted by Crippen LogP contribution is 2.45. The van der Waals surface area contributed by atoms with Crippen LogP contribution in [0.3, 0.4) is 0 Å². The van der Waals surface area contributed by atoms with Gasteiger partial charge in [-0.1, -0.05) is 76.1 Å². The molecular weight excluding hydrogens is 654 g/mol. The van der Waals surface area contributed by atoms with Crippen molar-refractivity contribution >= 4 is 0 Å². The lowest BCUT2D eigenvalue weighted by molar-refractivity contribution is -0.192. The first-order valence-electron chi connectivity index (χ1n) is 22.6. The van der Waals surface area contributed by atoms with Gasteiger partial charge in [0.2, 0.25) is 0 Å². The molecule has 5 fully saturated rings. The maximum absolute atomic E-state index is 14.3. The molecule has 5 aliphatic carbocycles. The average molecular weight is 729 g/mol. The molecule has 0 aromatic carbocycles. The highest BCUT2D eigenvalue weighted by Gasteiger charge is 2.47. The van der Waals surface area contributed by atoms with Crippen molar-refractivity contribution in [2.75, 3.05) is 13.2 Å². The van der Waals surface area contributed by atoms with E-state index >= 15 is 0 Å². The molecule has 0 aromatic rings. The van der Waals surface area contributed by atoms with Gasteiger partial charge in [-0.25, -0.2) is 0 Å². The van der Waals surface area contributed by atoms with E-state index in [2.05, 4.69) is 37.5 Å². The predicted molar refractivity (Wildman–Crippen MR) is 209 cm³/mol. The van der Waals surface area contributed by atoms with Crippen molar-refractivity contribution in [1.82, 2.24) is 0 Å². The number of alkyl halides is 3. The van der Waals surface area contributed by atoms with Crippen molar-refractivity contribution in [1.29, 1.82) is 0 Å². The maximum Gasteiger partial charge on any atom is 0.393 e. The van der Waals surface area contributed by atoms with E-state index in [-0.39, 0.29) is 18.3 Å². The van der Waals surface area contributed by atoms with E-state index in [1.807, 2.05) is 0 Å². The Morgan fingerprint density at radius 1 is 0.442 bits per heavy atom. The van der Waals surface area contributed by atoms with Crippen LogP contribution in [0.25, 0.3) is 0 Å². The lowest BCUT2D eigenvalue weighted by Gasteiger charge is -2.37. The summed E-state index contributed by atoms with van der Waals surface area (Å²) in [4.78, 5) is 0. The summed E-state index contributed by atoms with van der Waals surface area (Å²) >= 11 is 0. The van der Waals surface area contributed by atoms with Gasteiger partial charge in [0.1, 0.15) is 0 Å². The molecule has 5 saturated carbocycles. The minimum absolute atomic E-state index is 0.132. The van der Waals surface area contributed by atoms with Crippen molar-refractivity contribution < 1.29 is 22.6 Å². The zero-order valence-corrected chi connectivity index (χ0v) is 33.3. The van der Waals surface area contributed by atoms with Crippen LogP contribution in [0.2, 0.25) is 0 Å². The minimum Gasteiger partial charge on any atom is -0.378 e. The van der Waals surface area contributed by atoms with Crippen LogP contribution in [0.15, 0.2) is 0 Å². The first-order chi connectivity index (χ1) is 25.3. The van der Waals surface area contributed by atoms with Gasteiger partial charge < -0.3 is 9.47 Å². The molecule has 5 rings (SSSR count). The summed E-state index contributed by atoms with van der Waals surface area (Å²) in [6, 6.07) is 0. The summed E-state index contributed by atoms with van der Waals surface area (Å²) < 4.78 is 55.4. The fourth-order valence-corrected chi connectivity index (χ4v) is 10.8. The second-order valence-corrected chi connectivity index (χ2v) is 18.0. The summed E-state index contributed by atoms with van der Waals surface area (Å²) in [5, 5.41) is 0. The van der Waals surface area contributed by atoms with E-state index < -0.39 is 18.0 Å². The van der Waals surface area contributed by atoms with Crippen LogP contribution in [0.4, 0.5) is 13.2 Å². The summed E-state index contributed by atoms with van der Waals surface area (Å²) in [7, 11) is 0. The van der Waals surface area contributed by atoms with E-state index in [4.69, 9.17) is 9.47 Å². The Hall–Kier alpha value is -1.17.